The van der Waals surface area contributed by atoms with E-state index in [0.717, 1.165) is 16.7 Å². The van der Waals surface area contributed by atoms with Gasteiger partial charge in [-0.15, -0.1) is 6.42 Å². The van der Waals surface area contributed by atoms with Crippen LogP contribution in [-0.2, 0) is 14.3 Å². The summed E-state index contributed by atoms with van der Waals surface area (Å²) in [5.74, 6) is 2.11. The van der Waals surface area contributed by atoms with Gasteiger partial charge in [0, 0.05) is 0 Å². The molecule has 7 nitrogen and oxygen atoms in total. The van der Waals surface area contributed by atoms with Crippen LogP contribution < -0.4 is 9.47 Å². The first-order valence-electron chi connectivity index (χ1n) is 7.65. The molecule has 1 aliphatic rings. The summed E-state index contributed by atoms with van der Waals surface area (Å²) in [4.78, 5) is 36.6. The van der Waals surface area contributed by atoms with Crippen LogP contribution in [0.1, 0.15) is 12.5 Å². The van der Waals surface area contributed by atoms with Gasteiger partial charge in [0.2, 0.25) is 0 Å². The molecular formula is C18H17NO6S. The molecule has 0 atom stereocenters. The summed E-state index contributed by atoms with van der Waals surface area (Å²) >= 11 is 0.824. The number of hydrogen-bond donors (Lipinski definition) is 0. The van der Waals surface area contributed by atoms with Gasteiger partial charge in [-0.25, -0.2) is 4.79 Å². The lowest BCUT2D eigenvalue weighted by Gasteiger charge is -2.11. The molecule has 8 heteroatoms. The Balaban J connectivity index is 2.16. The minimum atomic E-state index is -0.485. The van der Waals surface area contributed by atoms with Crippen LogP contribution in [-0.4, -0.2) is 48.9 Å². The standard InChI is InChI=1S/C18H17NO6S/c1-4-8-19-17(21)15(26-18(19)22)10-12-6-7-13(14(9-12)23-3)25-11-16(20)24-5-2/h1,6-7,9-10H,5,8,11H2,2-3H3/b15-10+. The molecule has 1 aliphatic heterocycles. The molecule has 0 N–H and O–H groups in total. The van der Waals surface area contributed by atoms with Crippen LogP contribution in [0.5, 0.6) is 11.5 Å². The van der Waals surface area contributed by atoms with Gasteiger partial charge in [0.1, 0.15) is 0 Å². The second-order valence-corrected chi connectivity index (χ2v) is 5.97. The van der Waals surface area contributed by atoms with E-state index in [4.69, 9.17) is 20.6 Å². The molecule has 1 aromatic carbocycles. The number of hydrogen-bond acceptors (Lipinski definition) is 7. The van der Waals surface area contributed by atoms with Crippen molar-refractivity contribution in [3.05, 3.63) is 28.7 Å². The fraction of sp³-hybridized carbons (Fsp3) is 0.278. The van der Waals surface area contributed by atoms with Crippen molar-refractivity contribution in [1.82, 2.24) is 4.90 Å². The molecule has 26 heavy (non-hydrogen) atoms. The van der Waals surface area contributed by atoms with E-state index in [0.29, 0.717) is 17.1 Å². The van der Waals surface area contributed by atoms with Gasteiger partial charge >= 0.3 is 5.97 Å². The Morgan fingerprint density at radius 1 is 1.35 bits per heavy atom. The lowest BCUT2D eigenvalue weighted by Crippen LogP contribution is -2.28. The van der Waals surface area contributed by atoms with Gasteiger partial charge in [0.05, 0.1) is 25.2 Å². The summed E-state index contributed by atoms with van der Waals surface area (Å²) in [6, 6.07) is 4.92. The van der Waals surface area contributed by atoms with Gasteiger partial charge in [-0.3, -0.25) is 14.5 Å². The number of terminal acetylenes is 1. The molecule has 1 saturated heterocycles. The molecule has 0 spiro atoms. The molecule has 0 radical (unpaired) electrons. The molecule has 0 saturated carbocycles. The second-order valence-electron chi connectivity index (χ2n) is 4.98. The van der Waals surface area contributed by atoms with Gasteiger partial charge in [-0.05, 0) is 42.5 Å². The summed E-state index contributed by atoms with van der Waals surface area (Å²) in [5.41, 5.74) is 0.636. The Hall–Kier alpha value is -2.92. The van der Waals surface area contributed by atoms with E-state index in [9.17, 15) is 14.4 Å². The number of rotatable bonds is 7. The highest BCUT2D eigenvalue weighted by atomic mass is 32.2. The third-order valence-corrected chi connectivity index (χ3v) is 4.17. The number of esters is 1. The summed E-state index contributed by atoms with van der Waals surface area (Å²) < 4.78 is 15.4. The highest BCUT2D eigenvalue weighted by Gasteiger charge is 2.34. The largest absolute Gasteiger partial charge is 0.493 e. The lowest BCUT2D eigenvalue weighted by molar-refractivity contribution is -0.145. The van der Waals surface area contributed by atoms with E-state index in [2.05, 4.69) is 5.92 Å². The first-order valence-corrected chi connectivity index (χ1v) is 8.47. The minimum Gasteiger partial charge on any atom is -0.493 e. The van der Waals surface area contributed by atoms with Gasteiger partial charge in [0.15, 0.2) is 18.1 Å². The number of carbonyl (C=O) groups is 3. The fourth-order valence-corrected chi connectivity index (χ4v) is 2.95. The predicted molar refractivity (Wildman–Crippen MR) is 96.6 cm³/mol. The van der Waals surface area contributed by atoms with Crippen LogP contribution in [0.25, 0.3) is 6.08 Å². The number of methoxy groups -OCH3 is 1. The number of amides is 2. The van der Waals surface area contributed by atoms with E-state index in [1.54, 1.807) is 31.2 Å². The maximum Gasteiger partial charge on any atom is 0.344 e. The number of carbonyl (C=O) groups excluding carboxylic acids is 3. The van der Waals surface area contributed by atoms with E-state index in [1.807, 2.05) is 0 Å². The molecule has 0 unspecified atom stereocenters. The minimum absolute atomic E-state index is 0.0635. The predicted octanol–water partition coefficient (Wildman–Crippen LogP) is 2.31. The van der Waals surface area contributed by atoms with Crippen molar-refractivity contribution >= 4 is 35.0 Å². The molecule has 1 fully saturated rings. The topological polar surface area (TPSA) is 82.1 Å². The van der Waals surface area contributed by atoms with E-state index in [1.165, 1.54) is 7.11 Å². The van der Waals surface area contributed by atoms with Crippen molar-refractivity contribution in [1.29, 1.82) is 0 Å². The summed E-state index contributed by atoms with van der Waals surface area (Å²) in [6.45, 7) is 1.67. The quantitative estimate of drug-likeness (QED) is 0.411. The molecule has 1 aromatic rings. The molecule has 1 heterocycles. The molecule has 2 rings (SSSR count). The number of imide groups is 1. The Bertz CT molecular complexity index is 795. The smallest absolute Gasteiger partial charge is 0.344 e. The van der Waals surface area contributed by atoms with Crippen LogP contribution in [0, 0.1) is 12.3 Å². The molecule has 2 amide bonds. The molecule has 136 valence electrons. The third-order valence-electron chi connectivity index (χ3n) is 3.26. The van der Waals surface area contributed by atoms with Crippen LogP contribution >= 0.6 is 11.8 Å². The Morgan fingerprint density at radius 3 is 2.77 bits per heavy atom. The van der Waals surface area contributed by atoms with Gasteiger partial charge in [-0.1, -0.05) is 12.0 Å². The number of thioether (sulfide) groups is 1. The Kier molecular flexibility index (Phi) is 6.69. The first-order chi connectivity index (χ1) is 12.5. The van der Waals surface area contributed by atoms with Crippen molar-refractivity contribution in [2.45, 2.75) is 6.92 Å². The fourth-order valence-electron chi connectivity index (χ4n) is 2.11. The normalized spacial score (nSPS) is 15.1. The summed E-state index contributed by atoms with van der Waals surface area (Å²) in [6.07, 6.45) is 6.73. The van der Waals surface area contributed by atoms with Crippen molar-refractivity contribution < 1.29 is 28.6 Å². The molecular weight excluding hydrogens is 358 g/mol. The Morgan fingerprint density at radius 2 is 2.12 bits per heavy atom. The molecule has 0 aliphatic carbocycles. The SMILES string of the molecule is C#CCN1C(=O)S/C(=C/c2ccc(OCC(=O)OCC)c(OC)c2)C1=O. The van der Waals surface area contributed by atoms with E-state index < -0.39 is 17.1 Å². The van der Waals surface area contributed by atoms with Gasteiger partial charge < -0.3 is 14.2 Å². The number of ether oxygens (including phenoxy) is 3. The summed E-state index contributed by atoms with van der Waals surface area (Å²) in [5, 5.41) is -0.402. The van der Waals surface area contributed by atoms with Crippen molar-refractivity contribution in [3.8, 4) is 23.8 Å². The van der Waals surface area contributed by atoms with Crippen LogP contribution in [0.4, 0.5) is 4.79 Å². The van der Waals surface area contributed by atoms with E-state index >= 15 is 0 Å². The number of nitrogens with zero attached hydrogens (tertiary/aromatic N) is 1. The highest BCUT2D eigenvalue weighted by Crippen LogP contribution is 2.34. The summed E-state index contributed by atoms with van der Waals surface area (Å²) in [7, 11) is 1.46. The number of benzene rings is 1. The maximum atomic E-state index is 12.2. The molecule has 0 bridgehead atoms. The van der Waals surface area contributed by atoms with Crippen LogP contribution in [0.2, 0.25) is 0 Å². The average Bonchev–Trinajstić information content (AvgIpc) is 2.88. The van der Waals surface area contributed by atoms with Crippen molar-refractivity contribution in [2.75, 3.05) is 26.9 Å². The first kappa shape index (κ1) is 19.4. The monoisotopic (exact) mass is 375 g/mol. The van der Waals surface area contributed by atoms with Crippen molar-refractivity contribution in [3.63, 3.8) is 0 Å². The lowest BCUT2D eigenvalue weighted by atomic mass is 10.2. The van der Waals surface area contributed by atoms with Crippen LogP contribution in [0.3, 0.4) is 0 Å². The second kappa shape index (κ2) is 8.97. The van der Waals surface area contributed by atoms with Gasteiger partial charge in [-0.2, -0.15) is 0 Å². The third kappa shape index (κ3) is 4.58. The van der Waals surface area contributed by atoms with Crippen LogP contribution in [0.15, 0.2) is 23.1 Å². The van der Waals surface area contributed by atoms with Crippen molar-refractivity contribution in [2.24, 2.45) is 0 Å². The maximum absolute atomic E-state index is 12.2. The molecule has 0 aromatic heterocycles. The van der Waals surface area contributed by atoms with E-state index in [-0.39, 0.29) is 24.7 Å². The highest BCUT2D eigenvalue weighted by molar-refractivity contribution is 8.18. The van der Waals surface area contributed by atoms with Gasteiger partial charge in [0.25, 0.3) is 11.1 Å². The Labute approximate surface area is 155 Å². The zero-order valence-electron chi connectivity index (χ0n) is 14.3. The average molecular weight is 375 g/mol. The zero-order chi connectivity index (χ0) is 19.1. The zero-order valence-corrected chi connectivity index (χ0v) is 15.1.